The number of carbonyl (C=O) groups excluding carboxylic acids is 4. The first-order valence-corrected chi connectivity index (χ1v) is 11.8. The topological polar surface area (TPSA) is 116 Å². The predicted octanol–water partition coefficient (Wildman–Crippen LogP) is 3.06. The fraction of sp³-hybridized carbons (Fsp3) is 0.692. The second kappa shape index (κ2) is 8.95. The van der Waals surface area contributed by atoms with Gasteiger partial charge in [0.25, 0.3) is 0 Å². The van der Waals surface area contributed by atoms with Crippen molar-refractivity contribution in [3.63, 3.8) is 0 Å². The van der Waals surface area contributed by atoms with E-state index in [0.717, 1.165) is 5.57 Å². The van der Waals surface area contributed by atoms with Crippen molar-refractivity contribution in [2.24, 2.45) is 22.7 Å². The van der Waals surface area contributed by atoms with Gasteiger partial charge in [0, 0.05) is 55.4 Å². The minimum Gasteiger partial charge on any atom is -0.462 e. The zero-order valence-corrected chi connectivity index (χ0v) is 21.1. The number of esters is 3. The van der Waals surface area contributed by atoms with Crippen LogP contribution in [0.5, 0.6) is 0 Å². The third kappa shape index (κ3) is 4.21. The SMILES string of the molecule is C=C1C(OC(C)=O)CCC2(C)C(O)C(=O)C3=C(C)CC(OC(C)=O)C(C(OC(C)=O)C12)C3(C)C. The molecule has 0 saturated heterocycles. The number of hydrogen-bond acceptors (Lipinski definition) is 8. The molecule has 0 aromatic carbocycles. The lowest BCUT2D eigenvalue weighted by Crippen LogP contribution is -2.63. The third-order valence-electron chi connectivity index (χ3n) is 8.01. The summed E-state index contributed by atoms with van der Waals surface area (Å²) in [6.07, 6.45) is -2.55. The molecule has 0 aromatic heterocycles. The van der Waals surface area contributed by atoms with E-state index >= 15 is 0 Å². The smallest absolute Gasteiger partial charge is 0.303 e. The number of ether oxygens (including phenoxy) is 3. The summed E-state index contributed by atoms with van der Waals surface area (Å²) in [5.74, 6) is -3.17. The van der Waals surface area contributed by atoms with E-state index in [2.05, 4.69) is 6.58 Å². The van der Waals surface area contributed by atoms with Crippen molar-refractivity contribution >= 4 is 23.7 Å². The summed E-state index contributed by atoms with van der Waals surface area (Å²) in [4.78, 5) is 50.0. The van der Waals surface area contributed by atoms with Gasteiger partial charge in [-0.3, -0.25) is 19.2 Å². The van der Waals surface area contributed by atoms with Gasteiger partial charge in [-0.2, -0.15) is 0 Å². The first-order chi connectivity index (χ1) is 15.6. The Morgan fingerprint density at radius 3 is 2.09 bits per heavy atom. The van der Waals surface area contributed by atoms with E-state index < -0.39 is 65.0 Å². The Morgan fingerprint density at radius 1 is 1.00 bits per heavy atom. The van der Waals surface area contributed by atoms with Crippen molar-refractivity contribution in [3.8, 4) is 0 Å². The molecule has 188 valence electrons. The van der Waals surface area contributed by atoms with E-state index in [-0.39, 0.29) is 12.2 Å². The van der Waals surface area contributed by atoms with Crippen molar-refractivity contribution in [2.45, 2.75) is 92.1 Å². The second-order valence-electron chi connectivity index (χ2n) is 10.8. The van der Waals surface area contributed by atoms with E-state index in [1.54, 1.807) is 6.92 Å². The van der Waals surface area contributed by atoms with Crippen LogP contribution in [0.25, 0.3) is 0 Å². The molecular weight excluding hydrogens is 440 g/mol. The molecular formula is C26H36O8. The largest absolute Gasteiger partial charge is 0.462 e. The maximum Gasteiger partial charge on any atom is 0.303 e. The van der Waals surface area contributed by atoms with Gasteiger partial charge in [-0.15, -0.1) is 0 Å². The third-order valence-corrected chi connectivity index (χ3v) is 8.01. The van der Waals surface area contributed by atoms with Gasteiger partial charge in [0.15, 0.2) is 5.78 Å². The zero-order valence-electron chi connectivity index (χ0n) is 21.1. The Morgan fingerprint density at radius 2 is 1.56 bits per heavy atom. The van der Waals surface area contributed by atoms with Gasteiger partial charge in [0.1, 0.15) is 24.4 Å². The number of rotatable bonds is 3. The number of hydrogen-bond donors (Lipinski definition) is 1. The second-order valence-corrected chi connectivity index (χ2v) is 10.8. The highest BCUT2D eigenvalue weighted by molar-refractivity contribution is 6.01. The van der Waals surface area contributed by atoms with E-state index in [4.69, 9.17) is 14.2 Å². The standard InChI is InChI=1S/C26H36O8/c1-12-11-18(33-15(4)28)21-23(34-16(5)29)20-13(2)17(32-14(3)27)9-10-26(20,8)24(31)22(30)19(12)25(21,6)7/h17-18,20-21,23-24,31H,2,9-11H2,1,3-8H3. The highest BCUT2D eigenvalue weighted by atomic mass is 16.6. The van der Waals surface area contributed by atoms with Crippen LogP contribution in [-0.2, 0) is 33.4 Å². The van der Waals surface area contributed by atoms with Gasteiger partial charge in [0.2, 0.25) is 0 Å². The highest BCUT2D eigenvalue weighted by Gasteiger charge is 2.63. The molecule has 3 rings (SSSR count). The van der Waals surface area contributed by atoms with Gasteiger partial charge >= 0.3 is 17.9 Å². The quantitative estimate of drug-likeness (QED) is 0.375. The van der Waals surface area contributed by atoms with E-state index in [1.165, 1.54) is 20.8 Å². The number of ketones is 1. The van der Waals surface area contributed by atoms with E-state index in [1.807, 2.05) is 20.8 Å². The van der Waals surface area contributed by atoms with Crippen LogP contribution < -0.4 is 0 Å². The zero-order chi connectivity index (χ0) is 25.7. The Kier molecular flexibility index (Phi) is 6.88. The van der Waals surface area contributed by atoms with Crippen molar-refractivity contribution < 1.29 is 38.5 Å². The number of fused-ring (bicyclic) bond motifs is 3. The highest BCUT2D eigenvalue weighted by Crippen LogP contribution is 2.59. The molecule has 0 heterocycles. The molecule has 8 nitrogen and oxygen atoms in total. The summed E-state index contributed by atoms with van der Waals surface area (Å²) in [5, 5.41) is 11.5. The van der Waals surface area contributed by atoms with Crippen LogP contribution >= 0.6 is 0 Å². The lowest BCUT2D eigenvalue weighted by Gasteiger charge is -2.58. The number of aliphatic hydroxyl groups excluding tert-OH is 1. The van der Waals surface area contributed by atoms with Gasteiger partial charge in [0.05, 0.1) is 0 Å². The maximum absolute atomic E-state index is 13.8. The molecule has 3 aliphatic rings. The Balaban J connectivity index is 2.30. The van der Waals surface area contributed by atoms with Crippen LogP contribution in [0.15, 0.2) is 23.3 Å². The first-order valence-electron chi connectivity index (χ1n) is 11.8. The number of aliphatic hydroxyl groups is 1. The molecule has 34 heavy (non-hydrogen) atoms. The van der Waals surface area contributed by atoms with Gasteiger partial charge in [-0.1, -0.05) is 32.9 Å². The summed E-state index contributed by atoms with van der Waals surface area (Å²) >= 11 is 0. The van der Waals surface area contributed by atoms with Crippen molar-refractivity contribution in [2.75, 3.05) is 0 Å². The normalized spacial score (nSPS) is 37.2. The molecule has 2 saturated carbocycles. The van der Waals surface area contributed by atoms with Crippen LogP contribution in [0.2, 0.25) is 0 Å². The lowest BCUT2D eigenvalue weighted by molar-refractivity contribution is -0.189. The molecule has 7 unspecified atom stereocenters. The van der Waals surface area contributed by atoms with Crippen LogP contribution in [0.3, 0.4) is 0 Å². The average molecular weight is 477 g/mol. The molecule has 7 atom stereocenters. The average Bonchev–Trinajstić information content (AvgIpc) is 2.66. The molecule has 3 aliphatic carbocycles. The molecule has 0 spiro atoms. The van der Waals surface area contributed by atoms with Gasteiger partial charge in [-0.05, 0) is 25.3 Å². The fourth-order valence-corrected chi connectivity index (χ4v) is 6.80. The molecule has 0 aromatic rings. The summed E-state index contributed by atoms with van der Waals surface area (Å²) < 4.78 is 17.2. The minimum absolute atomic E-state index is 0.280. The Bertz CT molecular complexity index is 960. The molecule has 8 heteroatoms. The summed E-state index contributed by atoms with van der Waals surface area (Å²) in [7, 11) is 0. The molecule has 0 aliphatic heterocycles. The predicted molar refractivity (Wildman–Crippen MR) is 122 cm³/mol. The Hall–Kier alpha value is -2.48. The summed E-state index contributed by atoms with van der Waals surface area (Å²) in [6, 6.07) is 0. The summed E-state index contributed by atoms with van der Waals surface area (Å²) in [5.41, 5.74) is -0.223. The van der Waals surface area contributed by atoms with Crippen LogP contribution in [0, 0.1) is 22.7 Å². The van der Waals surface area contributed by atoms with Crippen molar-refractivity contribution in [1.29, 1.82) is 0 Å². The van der Waals surface area contributed by atoms with Crippen LogP contribution in [0.4, 0.5) is 0 Å². The van der Waals surface area contributed by atoms with Crippen molar-refractivity contribution in [1.82, 2.24) is 0 Å². The summed E-state index contributed by atoms with van der Waals surface area (Å²) in [6.45, 7) is 15.4. The molecule has 1 N–H and O–H groups in total. The fourth-order valence-electron chi connectivity index (χ4n) is 6.80. The number of Topliss-reactive ketones (excluding diaryl/α,β-unsaturated/α-hetero) is 1. The van der Waals surface area contributed by atoms with Crippen LogP contribution in [-0.4, -0.2) is 53.2 Å². The lowest BCUT2D eigenvalue weighted by atomic mass is 9.49. The molecule has 0 amide bonds. The molecule has 0 radical (unpaired) electrons. The van der Waals surface area contributed by atoms with Gasteiger partial charge < -0.3 is 19.3 Å². The number of carbonyl (C=O) groups is 4. The van der Waals surface area contributed by atoms with Crippen molar-refractivity contribution in [3.05, 3.63) is 23.3 Å². The van der Waals surface area contributed by atoms with E-state index in [0.29, 0.717) is 24.0 Å². The van der Waals surface area contributed by atoms with Gasteiger partial charge in [-0.25, -0.2) is 0 Å². The first kappa shape index (κ1) is 26.1. The van der Waals surface area contributed by atoms with Crippen LogP contribution in [0.1, 0.15) is 67.7 Å². The molecule has 2 bridgehead atoms. The monoisotopic (exact) mass is 476 g/mol. The molecule has 2 fully saturated rings. The minimum atomic E-state index is -1.37. The van der Waals surface area contributed by atoms with E-state index in [9.17, 15) is 24.3 Å². The maximum atomic E-state index is 13.8. The Labute approximate surface area is 200 Å².